The summed E-state index contributed by atoms with van der Waals surface area (Å²) in [5, 5.41) is 19.8. The SMILES string of the molecule is C=C(C)[C@@H]1CC[C@]2(C(=O)O)CC[C@]3(C)C(CCC4[C@@]5(C)CC[C@H](OC(=O)Cc6cccc(CC(=O)O)c6)C(C)(C)C5CC[C@]43C)C12. The van der Waals surface area contributed by atoms with Crippen molar-refractivity contribution in [1.29, 1.82) is 0 Å². The molecule has 1 aromatic carbocycles. The van der Waals surface area contributed by atoms with Crippen molar-refractivity contribution in [3.8, 4) is 0 Å². The first-order chi connectivity index (χ1) is 21.5. The van der Waals surface area contributed by atoms with Crippen LogP contribution < -0.4 is 0 Å². The molecule has 5 saturated carbocycles. The van der Waals surface area contributed by atoms with Gasteiger partial charge in [0.05, 0.1) is 18.3 Å². The lowest BCUT2D eigenvalue weighted by Gasteiger charge is -2.72. The summed E-state index contributed by atoms with van der Waals surface area (Å²) in [5.41, 5.74) is 2.23. The van der Waals surface area contributed by atoms with E-state index in [2.05, 4.69) is 48.1 Å². The van der Waals surface area contributed by atoms with Gasteiger partial charge in [0.25, 0.3) is 0 Å². The van der Waals surface area contributed by atoms with Crippen LogP contribution in [0.15, 0.2) is 36.4 Å². The first-order valence-corrected chi connectivity index (χ1v) is 17.9. The van der Waals surface area contributed by atoms with E-state index in [9.17, 15) is 19.5 Å². The molecule has 0 aromatic heterocycles. The van der Waals surface area contributed by atoms with Crippen molar-refractivity contribution in [1.82, 2.24) is 0 Å². The van der Waals surface area contributed by atoms with Crippen LogP contribution in [0.3, 0.4) is 0 Å². The Morgan fingerprint density at radius 3 is 2.17 bits per heavy atom. The van der Waals surface area contributed by atoms with Crippen LogP contribution in [0.25, 0.3) is 0 Å². The molecular formula is C40H56O6. The minimum absolute atomic E-state index is 0.0613. The van der Waals surface area contributed by atoms with E-state index in [0.29, 0.717) is 29.2 Å². The Morgan fingerprint density at radius 2 is 1.52 bits per heavy atom. The largest absolute Gasteiger partial charge is 0.481 e. The summed E-state index contributed by atoms with van der Waals surface area (Å²) in [5.74, 6) is 0.170. The van der Waals surface area contributed by atoms with Gasteiger partial charge in [-0.3, -0.25) is 14.4 Å². The van der Waals surface area contributed by atoms with Crippen LogP contribution in [0.1, 0.15) is 117 Å². The van der Waals surface area contributed by atoms with E-state index >= 15 is 0 Å². The summed E-state index contributed by atoms with van der Waals surface area (Å²) in [4.78, 5) is 37.4. The molecular weight excluding hydrogens is 576 g/mol. The molecule has 6 rings (SSSR count). The fourth-order valence-electron chi connectivity index (χ4n) is 13.1. The van der Waals surface area contributed by atoms with Crippen LogP contribution in [0.4, 0.5) is 0 Å². The minimum Gasteiger partial charge on any atom is -0.481 e. The van der Waals surface area contributed by atoms with Crippen LogP contribution in [0.5, 0.6) is 0 Å². The smallest absolute Gasteiger partial charge is 0.310 e. The molecule has 5 aliphatic carbocycles. The van der Waals surface area contributed by atoms with Crippen molar-refractivity contribution in [3.63, 3.8) is 0 Å². The molecule has 0 spiro atoms. The highest BCUT2D eigenvalue weighted by Gasteiger charge is 2.72. The standard InChI is InChI=1S/C40H56O6/c1-24(2)27-13-18-40(35(44)45)20-19-38(6)28(34(27)40)11-12-30-37(5)16-15-31(36(3,4)29(37)14-17-39(30,38)7)46-33(43)23-26-10-8-9-25(21-26)22-32(41)42/h8-10,21,27-31,34H,1,11-20,22-23H2,2-7H3,(H,41,42)(H,44,45)/t27-,28?,29?,30?,31-,34?,37-,38+,39+,40-/m0/s1. The number of allylic oxidation sites excluding steroid dienone is 1. The number of hydrogen-bond acceptors (Lipinski definition) is 4. The highest BCUT2D eigenvalue weighted by atomic mass is 16.5. The van der Waals surface area contributed by atoms with Crippen LogP contribution in [0, 0.1) is 56.7 Å². The highest BCUT2D eigenvalue weighted by molar-refractivity contribution is 5.76. The molecule has 10 atom stereocenters. The summed E-state index contributed by atoms with van der Waals surface area (Å²) < 4.78 is 6.29. The van der Waals surface area contributed by atoms with Crippen molar-refractivity contribution in [2.24, 2.45) is 56.7 Å². The van der Waals surface area contributed by atoms with Gasteiger partial charge < -0.3 is 14.9 Å². The summed E-state index contributed by atoms with van der Waals surface area (Å²) in [6.07, 6.45) is 9.82. The highest BCUT2D eigenvalue weighted by Crippen LogP contribution is 2.77. The molecule has 6 heteroatoms. The molecule has 0 saturated heterocycles. The van der Waals surface area contributed by atoms with Gasteiger partial charge in [-0.1, -0.05) is 71.0 Å². The average molecular weight is 633 g/mol. The van der Waals surface area contributed by atoms with E-state index in [0.717, 1.165) is 69.8 Å². The Hall–Kier alpha value is -2.63. The normalized spacial score (nSPS) is 42.5. The Morgan fingerprint density at radius 1 is 0.826 bits per heavy atom. The summed E-state index contributed by atoms with van der Waals surface area (Å²) >= 11 is 0. The average Bonchev–Trinajstić information content (AvgIpc) is 3.36. The molecule has 46 heavy (non-hydrogen) atoms. The number of esters is 1. The lowest BCUT2D eigenvalue weighted by Crippen LogP contribution is -2.67. The van der Waals surface area contributed by atoms with Crippen molar-refractivity contribution < 1.29 is 29.3 Å². The molecule has 0 heterocycles. The van der Waals surface area contributed by atoms with Crippen molar-refractivity contribution in [2.45, 2.75) is 125 Å². The lowest BCUT2D eigenvalue weighted by molar-refractivity contribution is -0.250. The summed E-state index contributed by atoms with van der Waals surface area (Å²) in [6, 6.07) is 7.25. The first-order valence-electron chi connectivity index (χ1n) is 17.9. The Balaban J connectivity index is 1.22. The van der Waals surface area contributed by atoms with Crippen LogP contribution >= 0.6 is 0 Å². The maximum atomic E-state index is 13.3. The van der Waals surface area contributed by atoms with E-state index in [4.69, 9.17) is 9.84 Å². The monoisotopic (exact) mass is 632 g/mol. The number of rotatable bonds is 7. The summed E-state index contributed by atoms with van der Waals surface area (Å²) in [6.45, 7) is 18.8. The molecule has 0 amide bonds. The molecule has 5 aliphatic rings. The number of carboxylic acid groups (broad SMARTS) is 2. The molecule has 6 nitrogen and oxygen atoms in total. The van der Waals surface area contributed by atoms with Gasteiger partial charge in [0.2, 0.25) is 0 Å². The van der Waals surface area contributed by atoms with E-state index in [-0.39, 0.29) is 52.5 Å². The van der Waals surface area contributed by atoms with Gasteiger partial charge in [0, 0.05) is 5.41 Å². The van der Waals surface area contributed by atoms with Crippen LogP contribution in [-0.2, 0) is 32.0 Å². The van der Waals surface area contributed by atoms with E-state index in [1.807, 2.05) is 12.1 Å². The Bertz CT molecular complexity index is 1430. The van der Waals surface area contributed by atoms with Gasteiger partial charge in [-0.15, -0.1) is 0 Å². The zero-order valence-electron chi connectivity index (χ0n) is 29.0. The second-order valence-electron chi connectivity index (χ2n) is 17.6. The van der Waals surface area contributed by atoms with E-state index < -0.39 is 17.4 Å². The molecule has 1 aromatic rings. The molecule has 0 aliphatic heterocycles. The molecule has 0 radical (unpaired) electrons. The number of benzene rings is 1. The zero-order chi connectivity index (χ0) is 33.4. The molecule has 2 N–H and O–H groups in total. The number of carbonyl (C=O) groups excluding carboxylic acids is 1. The predicted molar refractivity (Wildman–Crippen MR) is 178 cm³/mol. The van der Waals surface area contributed by atoms with Crippen LogP contribution in [-0.4, -0.2) is 34.2 Å². The molecule has 252 valence electrons. The fraction of sp³-hybridized carbons (Fsp3) is 0.725. The van der Waals surface area contributed by atoms with E-state index in [1.54, 1.807) is 12.1 Å². The van der Waals surface area contributed by atoms with Gasteiger partial charge in [-0.05, 0) is 128 Å². The number of ether oxygens (including phenoxy) is 1. The maximum absolute atomic E-state index is 13.3. The molecule has 0 bridgehead atoms. The number of fused-ring (bicyclic) bond motifs is 7. The van der Waals surface area contributed by atoms with Crippen molar-refractivity contribution in [3.05, 3.63) is 47.5 Å². The number of carboxylic acids is 2. The molecule has 4 unspecified atom stereocenters. The third-order valence-corrected chi connectivity index (χ3v) is 15.4. The van der Waals surface area contributed by atoms with Gasteiger partial charge in [-0.25, -0.2) is 0 Å². The van der Waals surface area contributed by atoms with Gasteiger partial charge >= 0.3 is 17.9 Å². The second kappa shape index (κ2) is 11.2. The summed E-state index contributed by atoms with van der Waals surface area (Å²) in [7, 11) is 0. The van der Waals surface area contributed by atoms with Crippen molar-refractivity contribution in [2.75, 3.05) is 0 Å². The zero-order valence-corrected chi connectivity index (χ0v) is 29.0. The lowest BCUT2D eigenvalue weighted by atomic mass is 9.32. The number of aliphatic carboxylic acids is 2. The van der Waals surface area contributed by atoms with Gasteiger partial charge in [-0.2, -0.15) is 0 Å². The first kappa shape index (κ1) is 33.3. The third kappa shape index (κ3) is 4.81. The third-order valence-electron chi connectivity index (χ3n) is 15.4. The number of hydrogen-bond donors (Lipinski definition) is 2. The maximum Gasteiger partial charge on any atom is 0.310 e. The van der Waals surface area contributed by atoms with Crippen LogP contribution in [0.2, 0.25) is 0 Å². The second-order valence-corrected chi connectivity index (χ2v) is 17.6. The predicted octanol–water partition coefficient (Wildman–Crippen LogP) is 8.51. The van der Waals surface area contributed by atoms with Gasteiger partial charge in [0.1, 0.15) is 6.10 Å². The topological polar surface area (TPSA) is 101 Å². The van der Waals surface area contributed by atoms with E-state index in [1.165, 1.54) is 5.57 Å². The quantitative estimate of drug-likeness (QED) is 0.231. The van der Waals surface area contributed by atoms with Crippen molar-refractivity contribution >= 4 is 17.9 Å². The van der Waals surface area contributed by atoms with Gasteiger partial charge in [0.15, 0.2) is 0 Å². The Kier molecular flexibility index (Phi) is 8.12. The molecule has 5 fully saturated rings. The fourth-order valence-corrected chi connectivity index (χ4v) is 13.1. The Labute approximate surface area is 275 Å². The number of carbonyl (C=O) groups is 3. The minimum atomic E-state index is -0.885.